The first-order valence-corrected chi connectivity index (χ1v) is 8.86. The first kappa shape index (κ1) is 15.9. The number of nitrogens with zero attached hydrogens (tertiary/aromatic N) is 3. The minimum Gasteiger partial charge on any atom is -0.338 e. The fourth-order valence-electron chi connectivity index (χ4n) is 2.94. The minimum absolute atomic E-state index is 0.00225. The Morgan fingerprint density at radius 2 is 2.26 bits per heavy atom. The number of thiazole rings is 1. The third-order valence-electron chi connectivity index (χ3n) is 4.32. The maximum atomic E-state index is 12.7. The molecule has 1 aliphatic rings. The van der Waals surface area contributed by atoms with Crippen molar-refractivity contribution in [3.63, 3.8) is 0 Å². The van der Waals surface area contributed by atoms with Crippen LogP contribution in [0.2, 0.25) is 0 Å². The van der Waals surface area contributed by atoms with Crippen LogP contribution in [0.5, 0.6) is 0 Å². The first-order valence-electron chi connectivity index (χ1n) is 7.98. The van der Waals surface area contributed by atoms with Crippen molar-refractivity contribution in [2.75, 3.05) is 13.1 Å². The molecule has 3 rings (SSSR count). The summed E-state index contributed by atoms with van der Waals surface area (Å²) in [4.78, 5) is 30.7. The lowest BCUT2D eigenvalue weighted by Crippen LogP contribution is -2.39. The normalized spacial score (nSPS) is 18.2. The Balaban J connectivity index is 1.76. The van der Waals surface area contributed by atoms with Crippen molar-refractivity contribution in [3.05, 3.63) is 50.3 Å². The Bertz CT molecular complexity index is 765. The van der Waals surface area contributed by atoms with Gasteiger partial charge in [-0.2, -0.15) is 0 Å². The van der Waals surface area contributed by atoms with Gasteiger partial charge < -0.3 is 9.47 Å². The molecule has 0 radical (unpaired) electrons. The van der Waals surface area contributed by atoms with E-state index in [-0.39, 0.29) is 11.5 Å². The summed E-state index contributed by atoms with van der Waals surface area (Å²) in [5.74, 6) is 0.322. The predicted molar refractivity (Wildman–Crippen MR) is 91.1 cm³/mol. The van der Waals surface area contributed by atoms with E-state index in [1.807, 2.05) is 4.90 Å². The van der Waals surface area contributed by atoms with Crippen molar-refractivity contribution >= 4 is 17.2 Å². The summed E-state index contributed by atoms with van der Waals surface area (Å²) in [5, 5.41) is 3.25. The highest BCUT2D eigenvalue weighted by Crippen LogP contribution is 2.30. The number of likely N-dealkylation sites (tertiary alicyclic amines) is 1. The summed E-state index contributed by atoms with van der Waals surface area (Å²) in [7, 11) is 1.67. The van der Waals surface area contributed by atoms with Gasteiger partial charge >= 0.3 is 0 Å². The monoisotopic (exact) mass is 331 g/mol. The van der Waals surface area contributed by atoms with Crippen LogP contribution in [0.15, 0.2) is 28.5 Å². The van der Waals surface area contributed by atoms with Crippen LogP contribution in [0.4, 0.5) is 0 Å². The molecule has 2 aromatic heterocycles. The smallest absolute Gasteiger partial charge is 0.255 e. The Morgan fingerprint density at radius 3 is 2.96 bits per heavy atom. The molecule has 1 fully saturated rings. The molecule has 0 N–H and O–H groups in total. The van der Waals surface area contributed by atoms with Crippen LogP contribution in [-0.4, -0.2) is 33.4 Å². The van der Waals surface area contributed by atoms with Crippen LogP contribution in [0.25, 0.3) is 0 Å². The maximum Gasteiger partial charge on any atom is 0.255 e. The molecule has 1 aliphatic heterocycles. The fraction of sp³-hybridized carbons (Fsp3) is 0.471. The minimum atomic E-state index is -0.104. The zero-order valence-electron chi connectivity index (χ0n) is 13.5. The maximum absolute atomic E-state index is 12.7. The van der Waals surface area contributed by atoms with Crippen molar-refractivity contribution in [3.8, 4) is 0 Å². The molecule has 0 aromatic carbocycles. The summed E-state index contributed by atoms with van der Waals surface area (Å²) in [6.45, 7) is 3.58. The summed E-state index contributed by atoms with van der Waals surface area (Å²) < 4.78 is 1.45. The van der Waals surface area contributed by atoms with Gasteiger partial charge in [-0.25, -0.2) is 4.98 Å². The molecule has 0 saturated carbocycles. The first-order chi connectivity index (χ1) is 11.1. The number of hydrogen-bond acceptors (Lipinski definition) is 4. The second-order valence-corrected chi connectivity index (χ2v) is 6.88. The van der Waals surface area contributed by atoms with Crippen LogP contribution < -0.4 is 5.56 Å². The van der Waals surface area contributed by atoms with E-state index in [0.29, 0.717) is 18.0 Å². The molecule has 2 aromatic rings. The largest absolute Gasteiger partial charge is 0.338 e. The second kappa shape index (κ2) is 6.66. The molecule has 0 aliphatic carbocycles. The van der Waals surface area contributed by atoms with Crippen molar-refractivity contribution in [2.45, 2.75) is 32.1 Å². The van der Waals surface area contributed by atoms with Gasteiger partial charge in [0, 0.05) is 43.7 Å². The van der Waals surface area contributed by atoms with E-state index in [1.165, 1.54) is 10.6 Å². The number of rotatable bonds is 3. The van der Waals surface area contributed by atoms with E-state index in [4.69, 9.17) is 0 Å². The van der Waals surface area contributed by atoms with Gasteiger partial charge in [-0.05, 0) is 25.3 Å². The lowest BCUT2D eigenvalue weighted by molar-refractivity contribution is 0.0706. The molecule has 0 bridgehead atoms. The Morgan fingerprint density at radius 1 is 1.43 bits per heavy atom. The number of hydrogen-bond donors (Lipinski definition) is 0. The highest BCUT2D eigenvalue weighted by atomic mass is 32.1. The molecular formula is C17H21N3O2S. The highest BCUT2D eigenvalue weighted by molar-refractivity contribution is 7.09. The van der Waals surface area contributed by atoms with E-state index in [0.717, 1.165) is 36.5 Å². The van der Waals surface area contributed by atoms with Crippen LogP contribution in [-0.2, 0) is 13.5 Å². The van der Waals surface area contributed by atoms with Crippen LogP contribution >= 0.6 is 11.3 Å². The van der Waals surface area contributed by atoms with Gasteiger partial charge in [-0.15, -0.1) is 11.3 Å². The van der Waals surface area contributed by atoms with E-state index in [2.05, 4.69) is 17.3 Å². The number of carbonyl (C=O) groups excluding carboxylic acids is 1. The summed E-state index contributed by atoms with van der Waals surface area (Å²) >= 11 is 1.70. The third-order valence-corrected chi connectivity index (χ3v) is 5.38. The fourth-order valence-corrected chi connectivity index (χ4v) is 3.97. The molecule has 1 atom stereocenters. The van der Waals surface area contributed by atoms with Gasteiger partial charge in [0.25, 0.3) is 5.91 Å². The second-order valence-electron chi connectivity index (χ2n) is 5.99. The van der Waals surface area contributed by atoms with Crippen molar-refractivity contribution in [1.29, 1.82) is 0 Å². The molecular weight excluding hydrogens is 310 g/mol. The highest BCUT2D eigenvalue weighted by Gasteiger charge is 2.27. The zero-order valence-corrected chi connectivity index (χ0v) is 14.3. The van der Waals surface area contributed by atoms with E-state index >= 15 is 0 Å². The van der Waals surface area contributed by atoms with Crippen LogP contribution in [0.3, 0.4) is 0 Å². The molecule has 3 heterocycles. The molecule has 0 unspecified atom stereocenters. The predicted octanol–water partition coefficient (Wildman–Crippen LogP) is 2.42. The molecule has 23 heavy (non-hydrogen) atoms. The van der Waals surface area contributed by atoms with Gasteiger partial charge in [-0.3, -0.25) is 9.59 Å². The third kappa shape index (κ3) is 3.37. The molecule has 122 valence electrons. The number of amides is 1. The van der Waals surface area contributed by atoms with E-state index in [9.17, 15) is 9.59 Å². The van der Waals surface area contributed by atoms with Gasteiger partial charge in [-0.1, -0.05) is 6.92 Å². The Labute approximate surface area is 139 Å². The van der Waals surface area contributed by atoms with Crippen LogP contribution in [0, 0.1) is 0 Å². The van der Waals surface area contributed by atoms with E-state index in [1.54, 1.807) is 30.6 Å². The average molecular weight is 331 g/mol. The van der Waals surface area contributed by atoms with Gasteiger partial charge in [0.1, 0.15) is 0 Å². The average Bonchev–Trinajstić information content (AvgIpc) is 3.06. The van der Waals surface area contributed by atoms with Crippen molar-refractivity contribution in [2.24, 2.45) is 7.05 Å². The summed E-state index contributed by atoms with van der Waals surface area (Å²) in [5.41, 5.74) is 1.60. The Hall–Kier alpha value is -1.95. The Kier molecular flexibility index (Phi) is 4.61. The van der Waals surface area contributed by atoms with Gasteiger partial charge in [0.2, 0.25) is 5.56 Å². The summed E-state index contributed by atoms with van der Waals surface area (Å²) in [6, 6.07) is 3.07. The number of aryl methyl sites for hydroxylation is 2. The van der Waals surface area contributed by atoms with Gasteiger partial charge in [0.05, 0.1) is 16.3 Å². The van der Waals surface area contributed by atoms with Crippen molar-refractivity contribution in [1.82, 2.24) is 14.5 Å². The van der Waals surface area contributed by atoms with Crippen LogP contribution in [0.1, 0.15) is 46.7 Å². The lowest BCUT2D eigenvalue weighted by atomic mass is 9.98. The quantitative estimate of drug-likeness (QED) is 0.868. The molecule has 0 spiro atoms. The number of aromatic nitrogens is 2. The van der Waals surface area contributed by atoms with Gasteiger partial charge in [0.15, 0.2) is 0 Å². The number of piperidine rings is 1. The lowest BCUT2D eigenvalue weighted by Gasteiger charge is -2.32. The van der Waals surface area contributed by atoms with Crippen molar-refractivity contribution < 1.29 is 4.79 Å². The zero-order chi connectivity index (χ0) is 16.4. The number of carbonyl (C=O) groups is 1. The molecule has 1 saturated heterocycles. The standard InChI is InChI=1S/C17H21N3O2S/c1-3-14-11-23-16(18-14)12-5-4-8-20(10-12)17(22)13-6-7-15(21)19(2)9-13/h6-7,9,11-12H,3-5,8,10H2,1-2H3/t12-/m0/s1. The van der Waals surface area contributed by atoms with E-state index < -0.39 is 0 Å². The molecule has 1 amide bonds. The SMILES string of the molecule is CCc1csc([C@H]2CCCN(C(=O)c3ccc(=O)n(C)c3)C2)n1. The summed E-state index contributed by atoms with van der Waals surface area (Å²) in [6.07, 6.45) is 4.63. The molecule has 6 heteroatoms. The topological polar surface area (TPSA) is 55.2 Å². The molecule has 5 nitrogen and oxygen atoms in total. The number of pyridine rings is 1.